The minimum Gasteiger partial charge on any atom is -0.351 e. The molecule has 1 N–H and O–H groups in total. The quantitative estimate of drug-likeness (QED) is 0.713. The number of para-hydroxylation sites is 1. The number of amides is 1. The Morgan fingerprint density at radius 3 is 2.96 bits per heavy atom. The van der Waals surface area contributed by atoms with Gasteiger partial charge in [-0.05, 0) is 37.0 Å². The van der Waals surface area contributed by atoms with Crippen LogP contribution in [0.25, 0.3) is 10.9 Å². The summed E-state index contributed by atoms with van der Waals surface area (Å²) in [4.78, 5) is 40.9. The number of fused-ring (bicyclic) bond motifs is 2. The number of aryl methyl sites for hydroxylation is 2. The van der Waals surface area contributed by atoms with E-state index in [1.54, 1.807) is 31.3 Å². The van der Waals surface area contributed by atoms with E-state index in [0.29, 0.717) is 23.7 Å². The number of hydrogen-bond donors (Lipinski definition) is 1. The van der Waals surface area contributed by atoms with Crippen LogP contribution in [0, 0.1) is 0 Å². The molecule has 1 atom stereocenters. The summed E-state index contributed by atoms with van der Waals surface area (Å²) in [5.74, 6) is -0.251. The third kappa shape index (κ3) is 3.38. The summed E-state index contributed by atoms with van der Waals surface area (Å²) in [7, 11) is 1.63. The summed E-state index contributed by atoms with van der Waals surface area (Å²) < 4.78 is 2.64. The number of nitrogens with one attached hydrogen (secondary N) is 1. The average Bonchev–Trinajstić information content (AvgIpc) is 2.65. The molecule has 27 heavy (non-hydrogen) atoms. The van der Waals surface area contributed by atoms with Crippen molar-refractivity contribution in [3.63, 3.8) is 0 Å². The van der Waals surface area contributed by atoms with Crippen LogP contribution in [0.2, 0.25) is 0 Å². The summed E-state index contributed by atoms with van der Waals surface area (Å²) in [6.07, 6.45) is 3.41. The molecule has 8 nitrogen and oxygen atoms in total. The summed E-state index contributed by atoms with van der Waals surface area (Å²) in [5.41, 5.74) is 1.99. The average molecular weight is 365 g/mol. The van der Waals surface area contributed by atoms with Crippen LogP contribution in [0.5, 0.6) is 0 Å². The first-order chi connectivity index (χ1) is 13.0. The molecule has 4 rings (SSSR count). The van der Waals surface area contributed by atoms with Crippen LogP contribution in [0.1, 0.15) is 17.7 Å². The number of carbonyl (C=O) groups is 1. The van der Waals surface area contributed by atoms with Crippen molar-refractivity contribution in [1.29, 1.82) is 0 Å². The van der Waals surface area contributed by atoms with E-state index in [0.717, 1.165) is 17.7 Å². The summed E-state index contributed by atoms with van der Waals surface area (Å²) in [5, 5.41) is 7.71. The molecule has 8 heteroatoms. The molecule has 0 unspecified atom stereocenters. The highest BCUT2D eigenvalue weighted by Gasteiger charge is 2.22. The van der Waals surface area contributed by atoms with E-state index in [1.807, 2.05) is 6.07 Å². The van der Waals surface area contributed by atoms with Crippen molar-refractivity contribution in [2.24, 2.45) is 7.05 Å². The smallest absolute Gasteiger partial charge is 0.266 e. The SMILES string of the molecule is Cn1nc2c(cc1=O)C[C@@H](NC(=O)Cn1cnc3ccccc3c1=O)CC2. The summed E-state index contributed by atoms with van der Waals surface area (Å²) in [6, 6.07) is 8.55. The first-order valence-corrected chi connectivity index (χ1v) is 8.81. The van der Waals surface area contributed by atoms with Crippen LogP contribution < -0.4 is 16.4 Å². The lowest BCUT2D eigenvalue weighted by molar-refractivity contribution is -0.122. The molecule has 1 aliphatic rings. The maximum absolute atomic E-state index is 12.5. The van der Waals surface area contributed by atoms with Gasteiger partial charge in [0, 0.05) is 19.2 Å². The van der Waals surface area contributed by atoms with Crippen LogP contribution in [0.15, 0.2) is 46.2 Å². The standard InChI is InChI=1S/C19H19N5O3/c1-23-18(26)9-12-8-13(6-7-15(12)22-23)21-17(25)10-24-11-20-16-5-3-2-4-14(16)19(24)27/h2-5,9,11,13H,6-8,10H2,1H3,(H,21,25)/t13-/m0/s1. The molecule has 2 heterocycles. The van der Waals surface area contributed by atoms with Crippen molar-refractivity contribution in [2.75, 3.05) is 0 Å². The van der Waals surface area contributed by atoms with Crippen molar-refractivity contribution in [3.8, 4) is 0 Å². The predicted molar refractivity (Wildman–Crippen MR) is 99.4 cm³/mol. The van der Waals surface area contributed by atoms with E-state index >= 15 is 0 Å². The van der Waals surface area contributed by atoms with Gasteiger partial charge in [-0.3, -0.25) is 19.0 Å². The molecule has 0 saturated carbocycles. The first kappa shape index (κ1) is 17.1. The third-order valence-corrected chi connectivity index (χ3v) is 4.86. The molecule has 1 aromatic carbocycles. The molecule has 3 aromatic rings. The maximum atomic E-state index is 12.5. The van der Waals surface area contributed by atoms with E-state index in [2.05, 4.69) is 15.4 Å². The Labute approximate surface area is 154 Å². The molecular weight excluding hydrogens is 346 g/mol. The topological polar surface area (TPSA) is 98.9 Å². The Hall–Kier alpha value is -3.29. The molecule has 1 amide bonds. The molecule has 0 fully saturated rings. The van der Waals surface area contributed by atoms with Crippen molar-refractivity contribution >= 4 is 16.8 Å². The molecule has 0 bridgehead atoms. The zero-order valence-corrected chi connectivity index (χ0v) is 14.9. The molecule has 0 spiro atoms. The Balaban J connectivity index is 1.47. The van der Waals surface area contributed by atoms with Gasteiger partial charge in [-0.25, -0.2) is 9.67 Å². The highest BCUT2D eigenvalue weighted by atomic mass is 16.2. The van der Waals surface area contributed by atoms with Gasteiger partial charge in [0.05, 0.1) is 22.9 Å². The second-order valence-electron chi connectivity index (χ2n) is 6.78. The van der Waals surface area contributed by atoms with E-state index in [-0.39, 0.29) is 29.6 Å². The zero-order valence-electron chi connectivity index (χ0n) is 14.9. The maximum Gasteiger partial charge on any atom is 0.266 e. The Kier molecular flexibility index (Phi) is 4.31. The highest BCUT2D eigenvalue weighted by Crippen LogP contribution is 2.17. The van der Waals surface area contributed by atoms with E-state index in [1.165, 1.54) is 15.6 Å². The van der Waals surface area contributed by atoms with Crippen LogP contribution in [-0.4, -0.2) is 31.3 Å². The first-order valence-electron chi connectivity index (χ1n) is 8.81. The molecule has 0 aliphatic heterocycles. The van der Waals surface area contributed by atoms with Crippen molar-refractivity contribution in [2.45, 2.75) is 31.8 Å². The van der Waals surface area contributed by atoms with Crippen LogP contribution in [0.4, 0.5) is 0 Å². The normalized spacial score (nSPS) is 16.1. The van der Waals surface area contributed by atoms with Gasteiger partial charge in [-0.2, -0.15) is 5.10 Å². The van der Waals surface area contributed by atoms with Gasteiger partial charge in [0.1, 0.15) is 6.54 Å². The van der Waals surface area contributed by atoms with Crippen molar-refractivity contribution in [3.05, 3.63) is 68.6 Å². The summed E-state index contributed by atoms with van der Waals surface area (Å²) in [6.45, 7) is -0.0885. The van der Waals surface area contributed by atoms with E-state index in [9.17, 15) is 14.4 Å². The Morgan fingerprint density at radius 2 is 2.11 bits per heavy atom. The van der Waals surface area contributed by atoms with E-state index < -0.39 is 0 Å². The fraction of sp³-hybridized carbons (Fsp3) is 0.316. The Bertz CT molecular complexity index is 1150. The largest absolute Gasteiger partial charge is 0.351 e. The minimum absolute atomic E-state index is 0.0805. The highest BCUT2D eigenvalue weighted by molar-refractivity contribution is 5.79. The van der Waals surface area contributed by atoms with Gasteiger partial charge in [0.25, 0.3) is 11.1 Å². The van der Waals surface area contributed by atoms with Crippen LogP contribution in [0.3, 0.4) is 0 Å². The number of nitrogens with zero attached hydrogens (tertiary/aromatic N) is 4. The number of hydrogen-bond acceptors (Lipinski definition) is 5. The van der Waals surface area contributed by atoms with Gasteiger partial charge in [0.15, 0.2) is 0 Å². The second kappa shape index (κ2) is 6.79. The third-order valence-electron chi connectivity index (χ3n) is 4.86. The number of aromatic nitrogens is 4. The molecule has 1 aliphatic carbocycles. The second-order valence-corrected chi connectivity index (χ2v) is 6.78. The predicted octanol–water partition coefficient (Wildman–Crippen LogP) is 0.164. The van der Waals surface area contributed by atoms with Gasteiger partial charge >= 0.3 is 0 Å². The van der Waals surface area contributed by atoms with Gasteiger partial charge in [0.2, 0.25) is 5.91 Å². The monoisotopic (exact) mass is 365 g/mol. The van der Waals surface area contributed by atoms with Crippen LogP contribution in [-0.2, 0) is 31.2 Å². The Morgan fingerprint density at radius 1 is 1.30 bits per heavy atom. The molecule has 138 valence electrons. The lowest BCUT2D eigenvalue weighted by Crippen LogP contribution is -2.42. The van der Waals surface area contributed by atoms with Gasteiger partial charge < -0.3 is 5.32 Å². The van der Waals surface area contributed by atoms with Crippen molar-refractivity contribution < 1.29 is 4.79 Å². The van der Waals surface area contributed by atoms with Crippen LogP contribution >= 0.6 is 0 Å². The molecular formula is C19H19N5O3. The number of benzene rings is 1. The molecule has 2 aromatic heterocycles. The lowest BCUT2D eigenvalue weighted by atomic mass is 9.92. The fourth-order valence-corrected chi connectivity index (χ4v) is 3.46. The van der Waals surface area contributed by atoms with Gasteiger partial charge in [-0.15, -0.1) is 0 Å². The van der Waals surface area contributed by atoms with Crippen molar-refractivity contribution in [1.82, 2.24) is 24.6 Å². The fourth-order valence-electron chi connectivity index (χ4n) is 3.46. The minimum atomic E-state index is -0.251. The molecule has 0 radical (unpaired) electrons. The van der Waals surface area contributed by atoms with Gasteiger partial charge in [-0.1, -0.05) is 12.1 Å². The number of carbonyl (C=O) groups excluding carboxylic acids is 1. The lowest BCUT2D eigenvalue weighted by Gasteiger charge is -2.25. The van der Waals surface area contributed by atoms with E-state index in [4.69, 9.17) is 0 Å². The number of rotatable bonds is 3. The summed E-state index contributed by atoms with van der Waals surface area (Å²) >= 11 is 0. The molecule has 0 saturated heterocycles. The zero-order chi connectivity index (χ0) is 19.0.